The molecule has 0 fully saturated rings. The van der Waals surface area contributed by atoms with Crippen LogP contribution in [-0.4, -0.2) is 15.0 Å². The normalized spacial score (nSPS) is 10.4. The Labute approximate surface area is 118 Å². The number of pyridine rings is 1. The van der Waals surface area contributed by atoms with Crippen molar-refractivity contribution in [2.45, 2.75) is 33.7 Å². The molecule has 0 bridgehead atoms. The van der Waals surface area contributed by atoms with Gasteiger partial charge in [-0.15, -0.1) is 0 Å². The van der Waals surface area contributed by atoms with Gasteiger partial charge in [-0.1, -0.05) is 13.0 Å². The minimum atomic E-state index is 0.618. The van der Waals surface area contributed by atoms with E-state index in [0.29, 0.717) is 12.4 Å². The number of hydrazine groups is 1. The van der Waals surface area contributed by atoms with Crippen LogP contribution in [-0.2, 0) is 13.0 Å². The zero-order valence-corrected chi connectivity index (χ0v) is 12.1. The van der Waals surface area contributed by atoms with Gasteiger partial charge in [-0.2, -0.15) is 0 Å². The van der Waals surface area contributed by atoms with Crippen LogP contribution < -0.4 is 16.6 Å². The van der Waals surface area contributed by atoms with Crippen LogP contribution in [0.1, 0.15) is 29.7 Å². The molecule has 0 saturated carbocycles. The number of aromatic nitrogens is 3. The van der Waals surface area contributed by atoms with E-state index >= 15 is 0 Å². The average molecular weight is 272 g/mol. The van der Waals surface area contributed by atoms with Crippen molar-refractivity contribution in [3.8, 4) is 0 Å². The van der Waals surface area contributed by atoms with Crippen molar-refractivity contribution < 1.29 is 0 Å². The molecule has 2 aromatic heterocycles. The average Bonchev–Trinajstić information content (AvgIpc) is 2.46. The molecule has 0 spiro atoms. The fourth-order valence-corrected chi connectivity index (χ4v) is 1.91. The molecule has 0 aliphatic heterocycles. The molecule has 0 aliphatic carbocycles. The first-order valence-electron chi connectivity index (χ1n) is 6.64. The molecular weight excluding hydrogens is 252 g/mol. The van der Waals surface area contributed by atoms with Crippen LogP contribution in [0, 0.1) is 13.8 Å². The van der Waals surface area contributed by atoms with Gasteiger partial charge in [0.05, 0.1) is 12.2 Å². The lowest BCUT2D eigenvalue weighted by atomic mass is 10.2. The monoisotopic (exact) mass is 272 g/mol. The number of hydrogen-bond donors (Lipinski definition) is 3. The Morgan fingerprint density at radius 2 is 1.85 bits per heavy atom. The van der Waals surface area contributed by atoms with Crippen molar-refractivity contribution in [3.05, 3.63) is 41.0 Å². The number of nitrogen functional groups attached to an aromatic ring is 1. The second-order valence-electron chi connectivity index (χ2n) is 4.58. The predicted octanol–water partition coefficient (Wildman–Crippen LogP) is 1.95. The fraction of sp³-hybridized carbons (Fsp3) is 0.357. The van der Waals surface area contributed by atoms with E-state index in [1.807, 2.05) is 39.0 Å². The number of nitrogens with two attached hydrogens (primary N) is 1. The molecule has 20 heavy (non-hydrogen) atoms. The fourth-order valence-electron chi connectivity index (χ4n) is 1.91. The molecule has 106 valence electrons. The summed E-state index contributed by atoms with van der Waals surface area (Å²) in [5.74, 6) is 7.68. The first-order chi connectivity index (χ1) is 9.63. The first-order valence-corrected chi connectivity index (χ1v) is 6.64. The van der Waals surface area contributed by atoms with Gasteiger partial charge in [0.1, 0.15) is 17.5 Å². The highest BCUT2D eigenvalue weighted by molar-refractivity contribution is 5.56. The molecule has 0 atom stereocenters. The third-order valence-electron chi connectivity index (χ3n) is 3.03. The molecule has 0 aliphatic rings. The second kappa shape index (κ2) is 6.29. The summed E-state index contributed by atoms with van der Waals surface area (Å²) in [6, 6.07) is 5.96. The van der Waals surface area contributed by atoms with Crippen LogP contribution in [0.25, 0.3) is 0 Å². The maximum absolute atomic E-state index is 5.49. The topological polar surface area (TPSA) is 88.8 Å². The number of nitrogens with one attached hydrogen (secondary N) is 2. The highest BCUT2D eigenvalue weighted by Crippen LogP contribution is 2.19. The molecule has 6 heteroatoms. The smallest absolute Gasteiger partial charge is 0.148 e. The van der Waals surface area contributed by atoms with E-state index in [1.165, 1.54) is 0 Å². The van der Waals surface area contributed by atoms with E-state index in [9.17, 15) is 0 Å². The van der Waals surface area contributed by atoms with Crippen LogP contribution in [0.2, 0.25) is 0 Å². The summed E-state index contributed by atoms with van der Waals surface area (Å²) >= 11 is 0. The molecule has 0 radical (unpaired) electrons. The standard InChI is InChI=1S/C14H20N6/c1-4-12-18-13(10(3)14(19-12)20-15)16-8-11-7-5-6-9(2)17-11/h5-7H,4,8,15H2,1-3H3,(H2,16,18,19,20). The zero-order chi connectivity index (χ0) is 14.5. The Kier molecular flexibility index (Phi) is 4.47. The molecule has 2 aromatic rings. The molecule has 0 aromatic carbocycles. The van der Waals surface area contributed by atoms with E-state index in [1.54, 1.807) is 0 Å². The van der Waals surface area contributed by atoms with Crippen molar-refractivity contribution >= 4 is 11.6 Å². The maximum Gasteiger partial charge on any atom is 0.148 e. The van der Waals surface area contributed by atoms with Crippen molar-refractivity contribution in [2.75, 3.05) is 10.7 Å². The van der Waals surface area contributed by atoms with Gasteiger partial charge in [-0.05, 0) is 26.0 Å². The van der Waals surface area contributed by atoms with Gasteiger partial charge >= 0.3 is 0 Å². The number of rotatable bonds is 5. The Morgan fingerprint density at radius 3 is 2.50 bits per heavy atom. The first kappa shape index (κ1) is 14.2. The maximum atomic E-state index is 5.49. The molecule has 2 heterocycles. The van der Waals surface area contributed by atoms with Crippen molar-refractivity contribution in [2.24, 2.45) is 5.84 Å². The van der Waals surface area contributed by atoms with Crippen LogP contribution in [0.5, 0.6) is 0 Å². The Balaban J connectivity index is 2.20. The van der Waals surface area contributed by atoms with E-state index in [-0.39, 0.29) is 0 Å². The zero-order valence-electron chi connectivity index (χ0n) is 12.1. The SMILES string of the molecule is CCc1nc(NN)c(C)c(NCc2cccc(C)n2)n1. The third kappa shape index (κ3) is 3.21. The van der Waals surface area contributed by atoms with Crippen molar-refractivity contribution in [1.29, 1.82) is 0 Å². The van der Waals surface area contributed by atoms with Gasteiger partial charge in [0.25, 0.3) is 0 Å². The molecule has 0 amide bonds. The summed E-state index contributed by atoms with van der Waals surface area (Å²) in [5.41, 5.74) is 5.49. The number of nitrogens with zero attached hydrogens (tertiary/aromatic N) is 3. The largest absolute Gasteiger partial charge is 0.364 e. The Morgan fingerprint density at radius 1 is 1.10 bits per heavy atom. The minimum absolute atomic E-state index is 0.618. The second-order valence-corrected chi connectivity index (χ2v) is 4.58. The summed E-state index contributed by atoms with van der Waals surface area (Å²) in [7, 11) is 0. The van der Waals surface area contributed by atoms with Crippen LogP contribution in [0.4, 0.5) is 11.6 Å². The van der Waals surface area contributed by atoms with Gasteiger partial charge in [-0.25, -0.2) is 15.8 Å². The lowest BCUT2D eigenvalue weighted by Crippen LogP contribution is -2.15. The molecule has 0 unspecified atom stereocenters. The van der Waals surface area contributed by atoms with E-state index in [2.05, 4.69) is 25.7 Å². The summed E-state index contributed by atoms with van der Waals surface area (Å²) in [4.78, 5) is 13.3. The van der Waals surface area contributed by atoms with Gasteiger partial charge in [0.15, 0.2) is 0 Å². The van der Waals surface area contributed by atoms with E-state index in [0.717, 1.165) is 35.0 Å². The predicted molar refractivity (Wildman–Crippen MR) is 80.3 cm³/mol. The summed E-state index contributed by atoms with van der Waals surface area (Å²) in [5, 5.41) is 3.30. The van der Waals surface area contributed by atoms with E-state index < -0.39 is 0 Å². The molecule has 6 nitrogen and oxygen atoms in total. The third-order valence-corrected chi connectivity index (χ3v) is 3.03. The molecule has 4 N–H and O–H groups in total. The lowest BCUT2D eigenvalue weighted by Gasteiger charge is -2.13. The molecule has 2 rings (SSSR count). The molecule has 0 saturated heterocycles. The van der Waals surface area contributed by atoms with Gasteiger partial charge in [-0.3, -0.25) is 4.98 Å². The van der Waals surface area contributed by atoms with Crippen LogP contribution in [0.3, 0.4) is 0 Å². The quantitative estimate of drug-likeness (QED) is 0.569. The number of anilines is 2. The molecular formula is C14H20N6. The minimum Gasteiger partial charge on any atom is -0.364 e. The lowest BCUT2D eigenvalue weighted by molar-refractivity contribution is 0.914. The highest BCUT2D eigenvalue weighted by atomic mass is 15.3. The number of hydrogen-bond acceptors (Lipinski definition) is 6. The number of aryl methyl sites for hydroxylation is 2. The van der Waals surface area contributed by atoms with Gasteiger partial charge in [0, 0.05) is 17.7 Å². The van der Waals surface area contributed by atoms with Crippen molar-refractivity contribution in [1.82, 2.24) is 15.0 Å². The van der Waals surface area contributed by atoms with Crippen LogP contribution in [0.15, 0.2) is 18.2 Å². The summed E-state index contributed by atoms with van der Waals surface area (Å²) < 4.78 is 0. The van der Waals surface area contributed by atoms with Crippen LogP contribution >= 0.6 is 0 Å². The van der Waals surface area contributed by atoms with E-state index in [4.69, 9.17) is 5.84 Å². The highest BCUT2D eigenvalue weighted by Gasteiger charge is 2.09. The summed E-state index contributed by atoms with van der Waals surface area (Å²) in [6.07, 6.45) is 0.756. The Hall–Kier alpha value is -2.21. The van der Waals surface area contributed by atoms with Gasteiger partial charge in [0.2, 0.25) is 0 Å². The summed E-state index contributed by atoms with van der Waals surface area (Å²) in [6.45, 7) is 6.54. The van der Waals surface area contributed by atoms with Gasteiger partial charge < -0.3 is 10.7 Å². The van der Waals surface area contributed by atoms with Crippen molar-refractivity contribution in [3.63, 3.8) is 0 Å². The Bertz CT molecular complexity index is 596.